The van der Waals surface area contributed by atoms with Crippen LogP contribution in [-0.4, -0.2) is 45.2 Å². The standard InChI is InChI=1S/C18H19NO4S/c1-24(21,22)16-9-7-15(8-10-16)18(20)19-11-12-23-17(13-19)14-5-3-2-4-6-14/h2-10,17H,11-13H2,1H3. The molecule has 2 aromatic rings. The Balaban J connectivity index is 1.75. The third kappa shape index (κ3) is 3.66. The molecule has 1 atom stereocenters. The summed E-state index contributed by atoms with van der Waals surface area (Å²) in [5.41, 5.74) is 1.53. The molecule has 0 bridgehead atoms. The lowest BCUT2D eigenvalue weighted by Crippen LogP contribution is -2.42. The number of benzene rings is 2. The number of sulfone groups is 1. The van der Waals surface area contributed by atoms with Crippen LogP contribution in [0.2, 0.25) is 0 Å². The maximum atomic E-state index is 12.7. The van der Waals surface area contributed by atoms with Crippen molar-refractivity contribution in [3.8, 4) is 0 Å². The van der Waals surface area contributed by atoms with Gasteiger partial charge in [-0.15, -0.1) is 0 Å². The lowest BCUT2D eigenvalue weighted by atomic mass is 10.1. The van der Waals surface area contributed by atoms with Crippen LogP contribution in [0.15, 0.2) is 59.5 Å². The molecule has 1 amide bonds. The van der Waals surface area contributed by atoms with Gasteiger partial charge in [0.1, 0.15) is 6.10 Å². The molecule has 24 heavy (non-hydrogen) atoms. The van der Waals surface area contributed by atoms with E-state index in [0.29, 0.717) is 25.3 Å². The maximum Gasteiger partial charge on any atom is 0.254 e. The highest BCUT2D eigenvalue weighted by Gasteiger charge is 2.26. The fourth-order valence-electron chi connectivity index (χ4n) is 2.73. The lowest BCUT2D eigenvalue weighted by molar-refractivity contribution is -0.0228. The number of carbonyl (C=O) groups is 1. The van der Waals surface area contributed by atoms with Crippen LogP contribution in [0, 0.1) is 0 Å². The van der Waals surface area contributed by atoms with Gasteiger partial charge in [-0.25, -0.2) is 8.42 Å². The van der Waals surface area contributed by atoms with Gasteiger partial charge < -0.3 is 9.64 Å². The summed E-state index contributed by atoms with van der Waals surface area (Å²) >= 11 is 0. The van der Waals surface area contributed by atoms with Gasteiger partial charge in [0.25, 0.3) is 5.91 Å². The van der Waals surface area contributed by atoms with E-state index in [4.69, 9.17) is 4.74 Å². The van der Waals surface area contributed by atoms with E-state index >= 15 is 0 Å². The minimum Gasteiger partial charge on any atom is -0.370 e. The molecular formula is C18H19NO4S. The number of amides is 1. The van der Waals surface area contributed by atoms with Crippen LogP contribution in [0.4, 0.5) is 0 Å². The Bertz CT molecular complexity index is 816. The quantitative estimate of drug-likeness (QED) is 0.856. The first-order chi connectivity index (χ1) is 11.4. The van der Waals surface area contributed by atoms with E-state index in [1.807, 2.05) is 30.3 Å². The third-order valence-electron chi connectivity index (χ3n) is 4.05. The lowest BCUT2D eigenvalue weighted by Gasteiger charge is -2.33. The average molecular weight is 345 g/mol. The first kappa shape index (κ1) is 16.7. The monoisotopic (exact) mass is 345 g/mol. The SMILES string of the molecule is CS(=O)(=O)c1ccc(C(=O)N2CCOC(c3ccccc3)C2)cc1. The molecule has 1 heterocycles. The normalized spacial score (nSPS) is 18.4. The highest BCUT2D eigenvalue weighted by molar-refractivity contribution is 7.90. The van der Waals surface area contributed by atoms with Crippen LogP contribution >= 0.6 is 0 Å². The Morgan fingerprint density at radius 1 is 1.08 bits per heavy atom. The number of hydrogen-bond donors (Lipinski definition) is 0. The number of rotatable bonds is 3. The summed E-state index contributed by atoms with van der Waals surface area (Å²) in [6.45, 7) is 1.49. The van der Waals surface area contributed by atoms with Gasteiger partial charge in [0, 0.05) is 18.4 Å². The molecule has 126 valence electrons. The molecule has 0 aromatic heterocycles. The number of ether oxygens (including phenoxy) is 1. The van der Waals surface area contributed by atoms with E-state index in [-0.39, 0.29) is 16.9 Å². The molecule has 1 saturated heterocycles. The zero-order valence-electron chi connectivity index (χ0n) is 13.4. The minimum absolute atomic E-state index is 0.112. The van der Waals surface area contributed by atoms with E-state index < -0.39 is 9.84 Å². The van der Waals surface area contributed by atoms with Gasteiger partial charge in [-0.2, -0.15) is 0 Å². The largest absolute Gasteiger partial charge is 0.370 e. The van der Waals surface area contributed by atoms with Crippen molar-refractivity contribution in [2.45, 2.75) is 11.0 Å². The molecule has 6 heteroatoms. The smallest absolute Gasteiger partial charge is 0.254 e. The van der Waals surface area contributed by atoms with E-state index in [2.05, 4.69) is 0 Å². The Hall–Kier alpha value is -2.18. The molecule has 2 aromatic carbocycles. The van der Waals surface area contributed by atoms with Crippen molar-refractivity contribution in [3.63, 3.8) is 0 Å². The van der Waals surface area contributed by atoms with Crippen LogP contribution in [0.5, 0.6) is 0 Å². The van der Waals surface area contributed by atoms with Crippen molar-refractivity contribution in [1.82, 2.24) is 4.90 Å². The van der Waals surface area contributed by atoms with E-state index in [1.54, 1.807) is 17.0 Å². The van der Waals surface area contributed by atoms with Gasteiger partial charge in [0.15, 0.2) is 9.84 Å². The Morgan fingerprint density at radius 2 is 1.75 bits per heavy atom. The van der Waals surface area contributed by atoms with E-state index in [0.717, 1.165) is 11.8 Å². The van der Waals surface area contributed by atoms with Crippen molar-refractivity contribution in [2.75, 3.05) is 26.0 Å². The van der Waals surface area contributed by atoms with Crippen molar-refractivity contribution in [2.24, 2.45) is 0 Å². The van der Waals surface area contributed by atoms with Crippen LogP contribution in [0.1, 0.15) is 22.0 Å². The second-order valence-corrected chi connectivity index (χ2v) is 7.83. The summed E-state index contributed by atoms with van der Waals surface area (Å²) in [6, 6.07) is 15.9. The summed E-state index contributed by atoms with van der Waals surface area (Å²) in [5.74, 6) is -0.112. The maximum absolute atomic E-state index is 12.7. The molecule has 0 saturated carbocycles. The fourth-order valence-corrected chi connectivity index (χ4v) is 3.36. The van der Waals surface area contributed by atoms with E-state index in [1.165, 1.54) is 12.1 Å². The summed E-state index contributed by atoms with van der Waals surface area (Å²) in [4.78, 5) is 14.6. The second kappa shape index (κ2) is 6.75. The molecule has 0 aliphatic carbocycles. The van der Waals surface area contributed by atoms with Gasteiger partial charge in [-0.3, -0.25) is 4.79 Å². The Labute approximate surface area is 141 Å². The predicted molar refractivity (Wildman–Crippen MR) is 90.6 cm³/mol. The first-order valence-corrected chi connectivity index (χ1v) is 9.60. The second-order valence-electron chi connectivity index (χ2n) is 5.82. The first-order valence-electron chi connectivity index (χ1n) is 7.71. The summed E-state index contributed by atoms with van der Waals surface area (Å²) < 4.78 is 28.8. The van der Waals surface area contributed by atoms with Gasteiger partial charge in [-0.05, 0) is 29.8 Å². The van der Waals surface area contributed by atoms with Crippen LogP contribution < -0.4 is 0 Å². The molecule has 0 N–H and O–H groups in total. The molecule has 0 spiro atoms. The van der Waals surface area contributed by atoms with Crippen LogP contribution in [0.3, 0.4) is 0 Å². The van der Waals surface area contributed by atoms with Crippen LogP contribution in [-0.2, 0) is 14.6 Å². The number of nitrogens with zero attached hydrogens (tertiary/aromatic N) is 1. The molecule has 0 radical (unpaired) electrons. The summed E-state index contributed by atoms with van der Waals surface area (Å²) in [5, 5.41) is 0. The third-order valence-corrected chi connectivity index (χ3v) is 5.18. The van der Waals surface area contributed by atoms with Crippen LogP contribution in [0.25, 0.3) is 0 Å². The fraction of sp³-hybridized carbons (Fsp3) is 0.278. The number of carbonyl (C=O) groups excluding carboxylic acids is 1. The summed E-state index contributed by atoms with van der Waals surface area (Å²) in [7, 11) is -3.26. The molecule has 3 rings (SSSR count). The topological polar surface area (TPSA) is 63.7 Å². The van der Waals surface area contributed by atoms with Crippen molar-refractivity contribution in [1.29, 1.82) is 0 Å². The highest BCUT2D eigenvalue weighted by Crippen LogP contribution is 2.23. The highest BCUT2D eigenvalue weighted by atomic mass is 32.2. The van der Waals surface area contributed by atoms with Gasteiger partial charge in [-0.1, -0.05) is 30.3 Å². The number of hydrogen-bond acceptors (Lipinski definition) is 4. The van der Waals surface area contributed by atoms with Crippen molar-refractivity contribution >= 4 is 15.7 Å². The van der Waals surface area contributed by atoms with Gasteiger partial charge in [0.2, 0.25) is 0 Å². The molecule has 1 unspecified atom stereocenters. The van der Waals surface area contributed by atoms with Crippen molar-refractivity contribution < 1.29 is 17.9 Å². The van der Waals surface area contributed by atoms with E-state index in [9.17, 15) is 13.2 Å². The zero-order valence-corrected chi connectivity index (χ0v) is 14.2. The molecule has 1 aliphatic heterocycles. The number of morpholine rings is 1. The predicted octanol–water partition coefficient (Wildman–Crippen LogP) is 2.30. The summed E-state index contributed by atoms with van der Waals surface area (Å²) in [6.07, 6.45) is 1.01. The molecule has 1 aliphatic rings. The molecule has 5 nitrogen and oxygen atoms in total. The van der Waals surface area contributed by atoms with Crippen molar-refractivity contribution in [3.05, 3.63) is 65.7 Å². The Kier molecular flexibility index (Phi) is 4.69. The Morgan fingerprint density at radius 3 is 2.38 bits per heavy atom. The zero-order chi connectivity index (χ0) is 17.2. The minimum atomic E-state index is -3.26. The van der Waals surface area contributed by atoms with Gasteiger partial charge >= 0.3 is 0 Å². The average Bonchev–Trinajstić information content (AvgIpc) is 2.61. The van der Waals surface area contributed by atoms with Gasteiger partial charge in [0.05, 0.1) is 18.0 Å². The molecular weight excluding hydrogens is 326 g/mol. The molecule has 1 fully saturated rings.